The Morgan fingerprint density at radius 1 is 0.967 bits per heavy atom. The number of morpholine rings is 1. The fraction of sp³-hybridized carbons (Fsp3) is 0.850. The van der Waals surface area contributed by atoms with Crippen LogP contribution in [0, 0.1) is 6.92 Å². The van der Waals surface area contributed by atoms with Gasteiger partial charge in [0.1, 0.15) is 12.4 Å². The standard InChI is InChI=1S/C20H38N8O.HI/c1-18-24-25-19(26(18)2)17-23-20(22-8-12-27-9-4-3-5-10-27)21-7-6-11-28-13-15-29-16-14-28;/h3-17H2,1-2H3,(H2,21,22,23);1H. The largest absolute Gasteiger partial charge is 0.379 e. The molecular formula is C20H39IN8O. The van der Waals surface area contributed by atoms with E-state index < -0.39 is 0 Å². The van der Waals surface area contributed by atoms with Gasteiger partial charge in [0.05, 0.1) is 13.2 Å². The lowest BCUT2D eigenvalue weighted by Crippen LogP contribution is -2.44. The molecule has 0 unspecified atom stereocenters. The van der Waals surface area contributed by atoms with Gasteiger partial charge < -0.3 is 24.8 Å². The molecule has 30 heavy (non-hydrogen) atoms. The first kappa shape index (κ1) is 25.3. The molecule has 0 aromatic carbocycles. The molecule has 1 aromatic heterocycles. The molecule has 9 nitrogen and oxygen atoms in total. The van der Waals surface area contributed by atoms with E-state index in [0.29, 0.717) is 6.54 Å². The van der Waals surface area contributed by atoms with Crippen LogP contribution in [0.25, 0.3) is 0 Å². The Morgan fingerprint density at radius 3 is 2.37 bits per heavy atom. The second-order valence-corrected chi connectivity index (χ2v) is 7.95. The minimum absolute atomic E-state index is 0. The van der Waals surface area contributed by atoms with Crippen LogP contribution in [0.1, 0.15) is 37.3 Å². The number of ether oxygens (including phenoxy) is 1. The number of aryl methyl sites for hydroxylation is 1. The molecule has 3 rings (SSSR count). The molecule has 0 saturated carbocycles. The van der Waals surface area contributed by atoms with Crippen molar-refractivity contribution >= 4 is 29.9 Å². The van der Waals surface area contributed by atoms with Crippen LogP contribution < -0.4 is 10.6 Å². The highest BCUT2D eigenvalue weighted by molar-refractivity contribution is 14.0. The Bertz CT molecular complexity index is 626. The van der Waals surface area contributed by atoms with Crippen LogP contribution in [0.4, 0.5) is 0 Å². The molecule has 0 bridgehead atoms. The zero-order chi connectivity index (χ0) is 20.3. The van der Waals surface area contributed by atoms with Crippen LogP contribution >= 0.6 is 24.0 Å². The zero-order valence-electron chi connectivity index (χ0n) is 18.6. The molecule has 2 aliphatic heterocycles. The maximum atomic E-state index is 5.42. The molecule has 0 radical (unpaired) electrons. The lowest BCUT2D eigenvalue weighted by molar-refractivity contribution is 0.0376. The molecular weight excluding hydrogens is 495 g/mol. The summed E-state index contributed by atoms with van der Waals surface area (Å²) in [6.07, 6.45) is 5.12. The molecule has 2 aliphatic rings. The molecule has 2 fully saturated rings. The van der Waals surface area contributed by atoms with Gasteiger partial charge in [0, 0.05) is 39.8 Å². The number of hydrogen-bond donors (Lipinski definition) is 2. The van der Waals surface area contributed by atoms with Crippen molar-refractivity contribution in [2.45, 2.75) is 39.2 Å². The van der Waals surface area contributed by atoms with Crippen molar-refractivity contribution in [3.63, 3.8) is 0 Å². The normalized spacial score (nSPS) is 18.8. The van der Waals surface area contributed by atoms with Gasteiger partial charge in [0.15, 0.2) is 11.8 Å². The first-order valence-corrected chi connectivity index (χ1v) is 11.1. The molecule has 2 saturated heterocycles. The summed E-state index contributed by atoms with van der Waals surface area (Å²) in [5.74, 6) is 2.66. The summed E-state index contributed by atoms with van der Waals surface area (Å²) >= 11 is 0. The maximum absolute atomic E-state index is 5.42. The molecule has 3 heterocycles. The predicted molar refractivity (Wildman–Crippen MR) is 130 cm³/mol. The van der Waals surface area contributed by atoms with Crippen molar-refractivity contribution in [2.24, 2.45) is 12.0 Å². The van der Waals surface area contributed by atoms with Crippen molar-refractivity contribution in [3.8, 4) is 0 Å². The Labute approximate surface area is 198 Å². The third kappa shape index (κ3) is 8.64. The number of nitrogens with one attached hydrogen (secondary N) is 2. The number of aliphatic imine (C=N–C) groups is 1. The van der Waals surface area contributed by atoms with Crippen LogP contribution in [-0.2, 0) is 18.3 Å². The third-order valence-electron chi connectivity index (χ3n) is 5.78. The Kier molecular flexibility index (Phi) is 11.9. The van der Waals surface area contributed by atoms with E-state index in [0.717, 1.165) is 76.5 Å². The second-order valence-electron chi connectivity index (χ2n) is 7.95. The van der Waals surface area contributed by atoms with Crippen molar-refractivity contribution in [2.75, 3.05) is 65.6 Å². The lowest BCUT2D eigenvalue weighted by atomic mass is 10.1. The van der Waals surface area contributed by atoms with Gasteiger partial charge in [-0.3, -0.25) is 4.90 Å². The molecule has 0 spiro atoms. The van der Waals surface area contributed by atoms with Crippen LogP contribution in [0.15, 0.2) is 4.99 Å². The van der Waals surface area contributed by atoms with Gasteiger partial charge in [-0.1, -0.05) is 6.42 Å². The van der Waals surface area contributed by atoms with Gasteiger partial charge in [0.25, 0.3) is 0 Å². The molecule has 1 aromatic rings. The van der Waals surface area contributed by atoms with E-state index in [1.54, 1.807) is 0 Å². The lowest BCUT2D eigenvalue weighted by Gasteiger charge is -2.27. The highest BCUT2D eigenvalue weighted by Crippen LogP contribution is 2.07. The summed E-state index contributed by atoms with van der Waals surface area (Å²) in [6.45, 7) is 12.7. The van der Waals surface area contributed by atoms with E-state index in [1.807, 2.05) is 18.5 Å². The summed E-state index contributed by atoms with van der Waals surface area (Å²) in [5.41, 5.74) is 0. The number of piperidine rings is 1. The molecule has 10 heteroatoms. The number of guanidine groups is 1. The smallest absolute Gasteiger partial charge is 0.191 e. The van der Waals surface area contributed by atoms with Crippen LogP contribution in [-0.4, -0.2) is 96.1 Å². The average molecular weight is 534 g/mol. The van der Waals surface area contributed by atoms with E-state index >= 15 is 0 Å². The molecule has 172 valence electrons. The number of nitrogens with zero attached hydrogens (tertiary/aromatic N) is 6. The van der Waals surface area contributed by atoms with E-state index in [4.69, 9.17) is 9.73 Å². The number of likely N-dealkylation sites (tertiary alicyclic amines) is 1. The fourth-order valence-corrected chi connectivity index (χ4v) is 3.76. The third-order valence-corrected chi connectivity index (χ3v) is 5.78. The van der Waals surface area contributed by atoms with Crippen molar-refractivity contribution < 1.29 is 4.74 Å². The Balaban J connectivity index is 0.00000320. The monoisotopic (exact) mass is 534 g/mol. The van der Waals surface area contributed by atoms with Gasteiger partial charge in [0.2, 0.25) is 0 Å². The van der Waals surface area contributed by atoms with Gasteiger partial charge in [-0.25, -0.2) is 4.99 Å². The summed E-state index contributed by atoms with van der Waals surface area (Å²) in [6, 6.07) is 0. The maximum Gasteiger partial charge on any atom is 0.191 e. The molecule has 0 aliphatic carbocycles. The SMILES string of the molecule is Cc1nnc(CN=C(NCCCN2CCOCC2)NCCN2CCCCC2)n1C.I. The zero-order valence-corrected chi connectivity index (χ0v) is 20.9. The number of hydrogen-bond acceptors (Lipinski definition) is 6. The summed E-state index contributed by atoms with van der Waals surface area (Å²) in [7, 11) is 1.99. The molecule has 0 amide bonds. The first-order chi connectivity index (χ1) is 14.2. The van der Waals surface area contributed by atoms with Crippen molar-refractivity contribution in [3.05, 3.63) is 11.6 Å². The Morgan fingerprint density at radius 2 is 1.67 bits per heavy atom. The minimum atomic E-state index is 0. The second kappa shape index (κ2) is 14.2. The fourth-order valence-electron chi connectivity index (χ4n) is 3.76. The predicted octanol–water partition coefficient (Wildman–Crippen LogP) is 0.985. The van der Waals surface area contributed by atoms with Gasteiger partial charge >= 0.3 is 0 Å². The van der Waals surface area contributed by atoms with Crippen molar-refractivity contribution in [1.82, 2.24) is 35.2 Å². The minimum Gasteiger partial charge on any atom is -0.379 e. The van der Waals surface area contributed by atoms with E-state index in [1.165, 1.54) is 32.4 Å². The summed E-state index contributed by atoms with van der Waals surface area (Å²) in [4.78, 5) is 9.76. The van der Waals surface area contributed by atoms with Crippen LogP contribution in [0.2, 0.25) is 0 Å². The summed E-state index contributed by atoms with van der Waals surface area (Å²) < 4.78 is 7.41. The highest BCUT2D eigenvalue weighted by Gasteiger charge is 2.11. The topological polar surface area (TPSA) is 82.8 Å². The van der Waals surface area contributed by atoms with Crippen LogP contribution in [0.3, 0.4) is 0 Å². The van der Waals surface area contributed by atoms with Gasteiger partial charge in [-0.2, -0.15) is 0 Å². The summed E-state index contributed by atoms with van der Waals surface area (Å²) in [5, 5.41) is 15.4. The van der Waals surface area contributed by atoms with Crippen molar-refractivity contribution in [1.29, 1.82) is 0 Å². The quantitative estimate of drug-likeness (QED) is 0.212. The first-order valence-electron chi connectivity index (χ1n) is 11.1. The van der Waals surface area contributed by atoms with E-state index in [2.05, 4.69) is 30.6 Å². The van der Waals surface area contributed by atoms with Gasteiger partial charge in [-0.15, -0.1) is 34.2 Å². The average Bonchev–Trinajstić information content (AvgIpc) is 3.08. The highest BCUT2D eigenvalue weighted by atomic mass is 127. The van der Waals surface area contributed by atoms with E-state index in [-0.39, 0.29) is 24.0 Å². The Hall–Kier alpha value is -0.980. The number of rotatable bonds is 9. The number of aromatic nitrogens is 3. The van der Waals surface area contributed by atoms with E-state index in [9.17, 15) is 0 Å². The van der Waals surface area contributed by atoms with Gasteiger partial charge in [-0.05, 0) is 45.8 Å². The molecule has 2 N–H and O–H groups in total. The van der Waals surface area contributed by atoms with Crippen LogP contribution in [0.5, 0.6) is 0 Å². The number of halogens is 1. The molecule has 0 atom stereocenters.